The summed E-state index contributed by atoms with van der Waals surface area (Å²) in [6.45, 7) is 0. The fourth-order valence-corrected chi connectivity index (χ4v) is 1.63. The van der Waals surface area contributed by atoms with Crippen LogP contribution in [0.5, 0.6) is 0 Å². The molecule has 0 aliphatic rings. The first-order valence-corrected chi connectivity index (χ1v) is 5.23. The summed E-state index contributed by atoms with van der Waals surface area (Å²) in [5, 5.41) is 4.03. The van der Waals surface area contributed by atoms with E-state index in [1.165, 1.54) is 16.8 Å². The molecule has 0 saturated carbocycles. The Hall–Kier alpha value is -1.24. The van der Waals surface area contributed by atoms with E-state index in [0.717, 1.165) is 3.57 Å². The molecule has 0 atom stereocenters. The molecule has 76 valence electrons. The minimum atomic E-state index is -0.444. The largest absolute Gasteiger partial charge is 0.298 e. The standard InChI is InChI=1S/C10H6FIN2O/c11-8-1-7(6-15)2-10(3-8)14-5-9(12)4-13-14/h1-6H. The fraction of sp³-hybridized carbons (Fsp3) is 0. The van der Waals surface area contributed by atoms with Crippen LogP contribution >= 0.6 is 22.6 Å². The first-order valence-electron chi connectivity index (χ1n) is 4.15. The van der Waals surface area contributed by atoms with Crippen LogP contribution in [0.4, 0.5) is 4.39 Å². The van der Waals surface area contributed by atoms with Crippen LogP contribution in [0.3, 0.4) is 0 Å². The lowest BCUT2D eigenvalue weighted by atomic mass is 10.2. The zero-order chi connectivity index (χ0) is 10.8. The molecule has 0 amide bonds. The quantitative estimate of drug-likeness (QED) is 0.630. The molecule has 1 aromatic carbocycles. The zero-order valence-electron chi connectivity index (χ0n) is 7.52. The minimum Gasteiger partial charge on any atom is -0.298 e. The highest BCUT2D eigenvalue weighted by molar-refractivity contribution is 14.1. The van der Waals surface area contributed by atoms with E-state index in [0.29, 0.717) is 17.5 Å². The van der Waals surface area contributed by atoms with Gasteiger partial charge in [0.05, 0.1) is 15.5 Å². The molecule has 0 fully saturated rings. The average Bonchev–Trinajstić information content (AvgIpc) is 2.64. The third-order valence-corrected chi connectivity index (χ3v) is 2.41. The Morgan fingerprint density at radius 2 is 2.20 bits per heavy atom. The number of aromatic nitrogens is 2. The number of carbonyl (C=O) groups is 1. The van der Waals surface area contributed by atoms with Crippen molar-refractivity contribution in [2.75, 3.05) is 0 Å². The first-order chi connectivity index (χ1) is 7.19. The molecule has 0 saturated heterocycles. The molecule has 0 bridgehead atoms. The smallest absolute Gasteiger partial charge is 0.150 e. The van der Waals surface area contributed by atoms with E-state index in [9.17, 15) is 9.18 Å². The molecule has 0 spiro atoms. The van der Waals surface area contributed by atoms with Gasteiger partial charge < -0.3 is 0 Å². The minimum absolute atomic E-state index is 0.301. The molecule has 2 rings (SSSR count). The maximum atomic E-state index is 13.1. The van der Waals surface area contributed by atoms with Gasteiger partial charge in [0.25, 0.3) is 0 Å². The summed E-state index contributed by atoms with van der Waals surface area (Å²) in [6, 6.07) is 4.10. The van der Waals surface area contributed by atoms with E-state index in [1.807, 2.05) is 0 Å². The maximum absolute atomic E-state index is 13.1. The number of carbonyl (C=O) groups excluding carboxylic acids is 1. The summed E-state index contributed by atoms with van der Waals surface area (Å²) in [5.74, 6) is -0.444. The van der Waals surface area contributed by atoms with Crippen molar-refractivity contribution in [2.45, 2.75) is 0 Å². The van der Waals surface area contributed by atoms with Crippen molar-refractivity contribution in [3.8, 4) is 5.69 Å². The molecule has 0 unspecified atom stereocenters. The lowest BCUT2D eigenvalue weighted by Crippen LogP contribution is -1.96. The summed E-state index contributed by atoms with van der Waals surface area (Å²) in [7, 11) is 0. The van der Waals surface area contributed by atoms with Crippen molar-refractivity contribution >= 4 is 28.9 Å². The van der Waals surface area contributed by atoms with Crippen molar-refractivity contribution in [1.82, 2.24) is 9.78 Å². The highest BCUT2D eigenvalue weighted by Crippen LogP contribution is 2.13. The SMILES string of the molecule is O=Cc1cc(F)cc(-n2cc(I)cn2)c1. The lowest BCUT2D eigenvalue weighted by Gasteiger charge is -2.02. The van der Waals surface area contributed by atoms with Crippen LogP contribution < -0.4 is 0 Å². The van der Waals surface area contributed by atoms with Gasteiger partial charge in [0.2, 0.25) is 0 Å². The van der Waals surface area contributed by atoms with Gasteiger partial charge in [0, 0.05) is 11.8 Å². The van der Waals surface area contributed by atoms with Crippen molar-refractivity contribution in [1.29, 1.82) is 0 Å². The normalized spacial score (nSPS) is 10.3. The van der Waals surface area contributed by atoms with Crippen LogP contribution in [0.25, 0.3) is 5.69 Å². The van der Waals surface area contributed by atoms with Crippen molar-refractivity contribution in [3.63, 3.8) is 0 Å². The predicted molar refractivity (Wildman–Crippen MR) is 61.6 cm³/mol. The first kappa shape index (κ1) is 10.3. The zero-order valence-corrected chi connectivity index (χ0v) is 9.68. The predicted octanol–water partition coefficient (Wildman–Crippen LogP) is 2.43. The Labute approximate surface area is 99.0 Å². The third kappa shape index (κ3) is 2.23. The summed E-state index contributed by atoms with van der Waals surface area (Å²) in [6.07, 6.45) is 4.02. The van der Waals surface area contributed by atoms with Gasteiger partial charge in [-0.3, -0.25) is 4.79 Å². The van der Waals surface area contributed by atoms with E-state index >= 15 is 0 Å². The van der Waals surface area contributed by atoms with Crippen LogP contribution in [0.1, 0.15) is 10.4 Å². The fourth-order valence-electron chi connectivity index (χ4n) is 1.24. The second-order valence-electron chi connectivity index (χ2n) is 2.96. The van der Waals surface area contributed by atoms with E-state index in [-0.39, 0.29) is 0 Å². The van der Waals surface area contributed by atoms with Crippen molar-refractivity contribution < 1.29 is 9.18 Å². The topological polar surface area (TPSA) is 34.9 Å². The number of nitrogens with zero attached hydrogens (tertiary/aromatic N) is 2. The number of rotatable bonds is 2. The molecule has 1 heterocycles. The monoisotopic (exact) mass is 316 g/mol. The number of halogens is 2. The van der Waals surface area contributed by atoms with E-state index < -0.39 is 5.82 Å². The van der Waals surface area contributed by atoms with Gasteiger partial charge in [-0.25, -0.2) is 9.07 Å². The molecule has 1 aromatic heterocycles. The molecule has 5 heteroatoms. The molecular formula is C10H6FIN2O. The van der Waals surface area contributed by atoms with Crippen molar-refractivity contribution in [2.24, 2.45) is 0 Å². The molecule has 0 radical (unpaired) electrons. The number of hydrogen-bond donors (Lipinski definition) is 0. The number of hydrogen-bond acceptors (Lipinski definition) is 2. The Balaban J connectivity index is 2.52. The van der Waals surface area contributed by atoms with Gasteiger partial charge in [-0.2, -0.15) is 5.10 Å². The van der Waals surface area contributed by atoms with E-state index in [4.69, 9.17) is 0 Å². The van der Waals surface area contributed by atoms with Gasteiger partial charge in [-0.1, -0.05) is 0 Å². The highest BCUT2D eigenvalue weighted by Gasteiger charge is 2.03. The number of aldehydes is 1. The summed E-state index contributed by atoms with van der Waals surface area (Å²) >= 11 is 2.11. The van der Waals surface area contributed by atoms with Gasteiger partial charge in [-0.05, 0) is 40.8 Å². The molecule has 3 nitrogen and oxygen atoms in total. The molecule has 0 aliphatic heterocycles. The van der Waals surface area contributed by atoms with Gasteiger partial charge >= 0.3 is 0 Å². The maximum Gasteiger partial charge on any atom is 0.150 e. The Kier molecular flexibility index (Phi) is 2.81. The average molecular weight is 316 g/mol. The Bertz CT molecular complexity index is 510. The van der Waals surface area contributed by atoms with Crippen LogP contribution in [0, 0.1) is 9.39 Å². The number of benzene rings is 1. The Morgan fingerprint density at radius 1 is 1.40 bits per heavy atom. The van der Waals surface area contributed by atoms with Crippen molar-refractivity contribution in [3.05, 3.63) is 45.5 Å². The van der Waals surface area contributed by atoms with Gasteiger partial charge in [-0.15, -0.1) is 0 Å². The van der Waals surface area contributed by atoms with Gasteiger partial charge in [0.1, 0.15) is 12.1 Å². The summed E-state index contributed by atoms with van der Waals surface area (Å²) in [5.41, 5.74) is 0.843. The summed E-state index contributed by atoms with van der Waals surface area (Å²) < 4.78 is 15.6. The lowest BCUT2D eigenvalue weighted by molar-refractivity contribution is 0.112. The van der Waals surface area contributed by atoms with E-state index in [2.05, 4.69) is 27.7 Å². The molecular weight excluding hydrogens is 310 g/mol. The Morgan fingerprint density at radius 3 is 2.80 bits per heavy atom. The van der Waals surface area contributed by atoms with E-state index in [1.54, 1.807) is 18.5 Å². The molecule has 2 aromatic rings. The van der Waals surface area contributed by atoms with Crippen LogP contribution in [0.15, 0.2) is 30.6 Å². The second-order valence-corrected chi connectivity index (χ2v) is 4.21. The molecule has 0 N–H and O–H groups in total. The summed E-state index contributed by atoms with van der Waals surface area (Å²) in [4.78, 5) is 10.5. The van der Waals surface area contributed by atoms with Gasteiger partial charge in [0.15, 0.2) is 0 Å². The second kappa shape index (κ2) is 4.09. The molecule has 15 heavy (non-hydrogen) atoms. The van der Waals surface area contributed by atoms with Crippen LogP contribution in [-0.4, -0.2) is 16.1 Å². The highest BCUT2D eigenvalue weighted by atomic mass is 127. The molecule has 0 aliphatic carbocycles. The third-order valence-electron chi connectivity index (χ3n) is 1.86. The van der Waals surface area contributed by atoms with Crippen LogP contribution in [-0.2, 0) is 0 Å². The van der Waals surface area contributed by atoms with Crippen LogP contribution in [0.2, 0.25) is 0 Å².